The molecule has 0 bridgehead atoms. The zero-order valence-electron chi connectivity index (χ0n) is 12.5. The topological polar surface area (TPSA) is 49.8 Å². The summed E-state index contributed by atoms with van der Waals surface area (Å²) < 4.78 is 0. The van der Waals surface area contributed by atoms with Gasteiger partial charge in [0.05, 0.1) is 6.54 Å². The van der Waals surface area contributed by atoms with Crippen LogP contribution in [0.25, 0.3) is 0 Å². The molecule has 0 aromatic carbocycles. The Balaban J connectivity index is 2.22. The Labute approximate surface area is 124 Å². The Morgan fingerprint density at radius 1 is 1.20 bits per heavy atom. The van der Waals surface area contributed by atoms with Gasteiger partial charge in [-0.25, -0.2) is 9.97 Å². The Morgan fingerprint density at radius 2 is 1.90 bits per heavy atom. The number of nitrogens with zero attached hydrogens (tertiary/aromatic N) is 2. The van der Waals surface area contributed by atoms with Gasteiger partial charge in [-0.1, -0.05) is 13.8 Å². The predicted octanol–water partition coefficient (Wildman–Crippen LogP) is 4.01. The van der Waals surface area contributed by atoms with Crippen LogP contribution in [-0.4, -0.2) is 16.5 Å². The van der Waals surface area contributed by atoms with Gasteiger partial charge in [0, 0.05) is 17.0 Å². The summed E-state index contributed by atoms with van der Waals surface area (Å²) in [5, 5.41) is 8.89. The molecule has 0 saturated heterocycles. The molecule has 0 aliphatic rings. The van der Waals surface area contributed by atoms with E-state index < -0.39 is 0 Å². The van der Waals surface area contributed by atoms with E-state index in [9.17, 15) is 0 Å². The van der Waals surface area contributed by atoms with Crippen molar-refractivity contribution in [2.75, 3.05) is 17.2 Å². The van der Waals surface area contributed by atoms with Crippen molar-refractivity contribution in [2.45, 2.75) is 40.2 Å². The van der Waals surface area contributed by atoms with Gasteiger partial charge >= 0.3 is 0 Å². The molecule has 4 nitrogen and oxygen atoms in total. The number of hydrogen-bond acceptors (Lipinski definition) is 5. The monoisotopic (exact) mass is 290 g/mol. The van der Waals surface area contributed by atoms with E-state index in [2.05, 4.69) is 59.7 Å². The summed E-state index contributed by atoms with van der Waals surface area (Å²) in [4.78, 5) is 10.1. The van der Waals surface area contributed by atoms with Crippen molar-refractivity contribution in [3.05, 3.63) is 33.8 Å². The Hall–Kier alpha value is -1.62. The van der Waals surface area contributed by atoms with Gasteiger partial charge in [0.25, 0.3) is 0 Å². The SMILES string of the molecule is CCNc1ncnc(NCc2sccc2C)c1C(C)C. The fourth-order valence-corrected chi connectivity index (χ4v) is 2.99. The average Bonchev–Trinajstić information content (AvgIpc) is 2.82. The van der Waals surface area contributed by atoms with Crippen molar-refractivity contribution >= 4 is 23.0 Å². The van der Waals surface area contributed by atoms with Crippen molar-refractivity contribution < 1.29 is 0 Å². The fraction of sp³-hybridized carbons (Fsp3) is 0.467. The van der Waals surface area contributed by atoms with Crippen LogP contribution in [0.4, 0.5) is 11.6 Å². The number of nitrogens with one attached hydrogen (secondary N) is 2. The van der Waals surface area contributed by atoms with Crippen molar-refractivity contribution in [3.8, 4) is 0 Å². The lowest BCUT2D eigenvalue weighted by Gasteiger charge is -2.17. The summed E-state index contributed by atoms with van der Waals surface area (Å²) in [6, 6.07) is 2.15. The smallest absolute Gasteiger partial charge is 0.135 e. The predicted molar refractivity (Wildman–Crippen MR) is 86.7 cm³/mol. The van der Waals surface area contributed by atoms with E-state index in [1.54, 1.807) is 17.7 Å². The van der Waals surface area contributed by atoms with E-state index in [1.165, 1.54) is 10.4 Å². The number of hydrogen-bond donors (Lipinski definition) is 2. The molecule has 108 valence electrons. The second-order valence-electron chi connectivity index (χ2n) is 5.05. The van der Waals surface area contributed by atoms with E-state index >= 15 is 0 Å². The summed E-state index contributed by atoms with van der Waals surface area (Å²) in [7, 11) is 0. The third-order valence-corrected chi connectivity index (χ3v) is 4.21. The lowest BCUT2D eigenvalue weighted by Crippen LogP contribution is -2.11. The minimum atomic E-state index is 0.372. The molecule has 0 spiro atoms. The molecular formula is C15H22N4S. The molecule has 2 N–H and O–H groups in total. The Morgan fingerprint density at radius 3 is 2.45 bits per heavy atom. The third kappa shape index (κ3) is 3.28. The standard InChI is InChI=1S/C15H22N4S/c1-5-16-14-13(10(2)3)15(19-9-18-14)17-8-12-11(4)6-7-20-12/h6-7,9-10H,5,8H2,1-4H3,(H2,16,17,18,19). The van der Waals surface area contributed by atoms with Crippen LogP contribution >= 0.6 is 11.3 Å². The van der Waals surface area contributed by atoms with Crippen LogP contribution in [-0.2, 0) is 6.54 Å². The Bertz CT molecular complexity index is 563. The fourth-order valence-electron chi connectivity index (χ4n) is 2.14. The first-order valence-electron chi connectivity index (χ1n) is 6.99. The zero-order chi connectivity index (χ0) is 14.5. The van der Waals surface area contributed by atoms with Crippen molar-refractivity contribution in [1.82, 2.24) is 9.97 Å². The highest BCUT2D eigenvalue weighted by atomic mass is 32.1. The molecular weight excluding hydrogens is 268 g/mol. The molecule has 20 heavy (non-hydrogen) atoms. The molecule has 2 aromatic heterocycles. The molecule has 0 unspecified atom stereocenters. The second kappa shape index (κ2) is 6.70. The van der Waals surface area contributed by atoms with Crippen LogP contribution in [0.2, 0.25) is 0 Å². The van der Waals surface area contributed by atoms with Crippen molar-refractivity contribution in [3.63, 3.8) is 0 Å². The zero-order valence-corrected chi connectivity index (χ0v) is 13.3. The van der Waals surface area contributed by atoms with Gasteiger partial charge in [-0.2, -0.15) is 0 Å². The van der Waals surface area contributed by atoms with Crippen LogP contribution in [0.15, 0.2) is 17.8 Å². The molecule has 0 aliphatic carbocycles. The van der Waals surface area contributed by atoms with Crippen LogP contribution in [0, 0.1) is 6.92 Å². The lowest BCUT2D eigenvalue weighted by atomic mass is 10.0. The van der Waals surface area contributed by atoms with Crippen LogP contribution < -0.4 is 10.6 Å². The maximum absolute atomic E-state index is 4.41. The number of aryl methyl sites for hydroxylation is 1. The van der Waals surface area contributed by atoms with Crippen molar-refractivity contribution in [1.29, 1.82) is 0 Å². The maximum Gasteiger partial charge on any atom is 0.135 e. The summed E-state index contributed by atoms with van der Waals surface area (Å²) >= 11 is 1.78. The number of aromatic nitrogens is 2. The molecule has 0 radical (unpaired) electrons. The van der Waals surface area contributed by atoms with Crippen LogP contribution in [0.1, 0.15) is 42.7 Å². The highest BCUT2D eigenvalue weighted by Gasteiger charge is 2.14. The quantitative estimate of drug-likeness (QED) is 0.844. The first kappa shape index (κ1) is 14.8. The van der Waals surface area contributed by atoms with Gasteiger partial charge < -0.3 is 10.6 Å². The molecule has 2 rings (SSSR count). The van der Waals surface area contributed by atoms with Gasteiger partial charge in [0.1, 0.15) is 18.0 Å². The molecule has 0 aliphatic heterocycles. The first-order chi connectivity index (χ1) is 9.63. The minimum absolute atomic E-state index is 0.372. The maximum atomic E-state index is 4.41. The number of thiophene rings is 1. The molecule has 0 saturated carbocycles. The molecule has 0 atom stereocenters. The van der Waals surface area contributed by atoms with E-state index in [4.69, 9.17) is 0 Å². The van der Waals surface area contributed by atoms with Crippen LogP contribution in [0.5, 0.6) is 0 Å². The van der Waals surface area contributed by atoms with E-state index in [-0.39, 0.29) is 0 Å². The normalized spacial score (nSPS) is 10.8. The molecule has 2 aromatic rings. The van der Waals surface area contributed by atoms with Crippen molar-refractivity contribution in [2.24, 2.45) is 0 Å². The van der Waals surface area contributed by atoms with E-state index in [0.717, 1.165) is 30.3 Å². The largest absolute Gasteiger partial charge is 0.370 e. The molecule has 5 heteroatoms. The number of rotatable bonds is 6. The van der Waals surface area contributed by atoms with Gasteiger partial charge in [0.15, 0.2) is 0 Å². The summed E-state index contributed by atoms with van der Waals surface area (Å²) in [5.74, 6) is 2.24. The van der Waals surface area contributed by atoms with E-state index in [1.807, 2.05) is 0 Å². The van der Waals surface area contributed by atoms with E-state index in [0.29, 0.717) is 5.92 Å². The van der Waals surface area contributed by atoms with Gasteiger partial charge in [0.2, 0.25) is 0 Å². The first-order valence-corrected chi connectivity index (χ1v) is 7.87. The summed E-state index contributed by atoms with van der Waals surface area (Å²) in [6.45, 7) is 10.2. The van der Waals surface area contributed by atoms with Gasteiger partial charge in [-0.3, -0.25) is 0 Å². The minimum Gasteiger partial charge on any atom is -0.370 e. The third-order valence-electron chi connectivity index (χ3n) is 3.19. The Kier molecular flexibility index (Phi) is 4.95. The molecule has 2 heterocycles. The summed E-state index contributed by atoms with van der Waals surface area (Å²) in [6.07, 6.45) is 1.62. The number of anilines is 2. The second-order valence-corrected chi connectivity index (χ2v) is 6.05. The highest BCUT2D eigenvalue weighted by Crippen LogP contribution is 2.29. The summed E-state index contributed by atoms with van der Waals surface area (Å²) in [5.41, 5.74) is 2.48. The molecule has 0 amide bonds. The van der Waals surface area contributed by atoms with Crippen LogP contribution in [0.3, 0.4) is 0 Å². The average molecular weight is 290 g/mol. The van der Waals surface area contributed by atoms with Gasteiger partial charge in [-0.15, -0.1) is 11.3 Å². The van der Waals surface area contributed by atoms with Gasteiger partial charge in [-0.05, 0) is 36.8 Å². The molecule has 0 fully saturated rings. The lowest BCUT2D eigenvalue weighted by molar-refractivity contribution is 0.844. The highest BCUT2D eigenvalue weighted by molar-refractivity contribution is 7.10.